The number of aromatic nitrogens is 1. The third-order valence-corrected chi connectivity index (χ3v) is 5.55. The van der Waals surface area contributed by atoms with E-state index >= 15 is 0 Å². The van der Waals surface area contributed by atoms with Crippen molar-refractivity contribution in [2.45, 2.75) is 32.5 Å². The SMILES string of the molecule is CCn1c2ccc(CNC(C)(CO)CO)cc2c2c3ccccc3ccc21. The molecule has 0 amide bonds. The fourth-order valence-corrected chi connectivity index (χ4v) is 3.84. The third kappa shape index (κ3) is 3.00. The summed E-state index contributed by atoms with van der Waals surface area (Å²) in [7, 11) is 0. The highest BCUT2D eigenvalue weighted by molar-refractivity contribution is 6.20. The van der Waals surface area contributed by atoms with Gasteiger partial charge in [-0.3, -0.25) is 0 Å². The van der Waals surface area contributed by atoms with Crippen LogP contribution in [0.25, 0.3) is 32.6 Å². The molecule has 0 fully saturated rings. The predicted molar refractivity (Wildman–Crippen MR) is 112 cm³/mol. The van der Waals surface area contributed by atoms with Crippen molar-refractivity contribution in [2.24, 2.45) is 0 Å². The Bertz CT molecular complexity index is 1110. The normalized spacial score (nSPS) is 12.4. The first-order chi connectivity index (χ1) is 13.1. The second-order valence-electron chi connectivity index (χ2n) is 7.51. The van der Waals surface area contributed by atoms with Gasteiger partial charge < -0.3 is 20.1 Å². The van der Waals surface area contributed by atoms with Crippen LogP contribution in [-0.2, 0) is 13.1 Å². The van der Waals surface area contributed by atoms with Gasteiger partial charge >= 0.3 is 0 Å². The Balaban J connectivity index is 1.89. The average Bonchev–Trinajstić information content (AvgIpc) is 3.05. The molecular formula is C23H26N2O2. The largest absolute Gasteiger partial charge is 0.394 e. The van der Waals surface area contributed by atoms with Gasteiger partial charge in [-0.25, -0.2) is 0 Å². The fraction of sp³-hybridized carbons (Fsp3) is 0.304. The summed E-state index contributed by atoms with van der Waals surface area (Å²) >= 11 is 0. The van der Waals surface area contributed by atoms with E-state index in [4.69, 9.17) is 0 Å². The number of aliphatic hydroxyl groups is 2. The first kappa shape index (κ1) is 18.0. The van der Waals surface area contributed by atoms with Crippen LogP contribution in [0.2, 0.25) is 0 Å². The van der Waals surface area contributed by atoms with Crippen molar-refractivity contribution < 1.29 is 10.2 Å². The zero-order chi connectivity index (χ0) is 19.0. The maximum absolute atomic E-state index is 9.50. The molecule has 0 spiro atoms. The summed E-state index contributed by atoms with van der Waals surface area (Å²) in [6.07, 6.45) is 0. The van der Waals surface area contributed by atoms with Crippen molar-refractivity contribution in [1.82, 2.24) is 9.88 Å². The minimum atomic E-state index is -0.681. The van der Waals surface area contributed by atoms with Gasteiger partial charge in [-0.1, -0.05) is 36.4 Å². The van der Waals surface area contributed by atoms with E-state index in [1.54, 1.807) is 0 Å². The number of nitrogens with zero attached hydrogens (tertiary/aromatic N) is 1. The molecule has 0 aliphatic carbocycles. The molecule has 0 atom stereocenters. The number of hydrogen-bond donors (Lipinski definition) is 3. The van der Waals surface area contributed by atoms with E-state index in [1.165, 1.54) is 32.6 Å². The van der Waals surface area contributed by atoms with E-state index in [9.17, 15) is 10.2 Å². The Labute approximate surface area is 159 Å². The van der Waals surface area contributed by atoms with Gasteiger partial charge in [0.25, 0.3) is 0 Å². The van der Waals surface area contributed by atoms with Gasteiger partial charge in [0.1, 0.15) is 0 Å². The summed E-state index contributed by atoms with van der Waals surface area (Å²) in [5, 5.41) is 27.3. The van der Waals surface area contributed by atoms with E-state index < -0.39 is 5.54 Å². The van der Waals surface area contributed by atoms with Gasteiger partial charge in [0.05, 0.1) is 18.8 Å². The molecule has 27 heavy (non-hydrogen) atoms. The third-order valence-electron chi connectivity index (χ3n) is 5.55. The lowest BCUT2D eigenvalue weighted by Gasteiger charge is -2.26. The molecule has 0 aliphatic rings. The lowest BCUT2D eigenvalue weighted by atomic mass is 10.0. The van der Waals surface area contributed by atoms with Gasteiger partial charge in [0, 0.05) is 34.9 Å². The lowest BCUT2D eigenvalue weighted by Crippen LogP contribution is -2.48. The Morgan fingerprint density at radius 2 is 1.67 bits per heavy atom. The van der Waals surface area contributed by atoms with E-state index in [-0.39, 0.29) is 13.2 Å². The van der Waals surface area contributed by atoms with Crippen LogP contribution in [0, 0.1) is 0 Å². The van der Waals surface area contributed by atoms with Crippen LogP contribution in [0.4, 0.5) is 0 Å². The summed E-state index contributed by atoms with van der Waals surface area (Å²) < 4.78 is 2.36. The van der Waals surface area contributed by atoms with Crippen LogP contribution in [0.1, 0.15) is 19.4 Å². The summed E-state index contributed by atoms with van der Waals surface area (Å²) in [6, 6.07) is 19.5. The molecule has 1 heterocycles. The van der Waals surface area contributed by atoms with E-state index in [0.717, 1.165) is 12.1 Å². The zero-order valence-electron chi connectivity index (χ0n) is 15.9. The molecule has 0 bridgehead atoms. The molecule has 1 aromatic heterocycles. The van der Waals surface area contributed by atoms with Crippen LogP contribution < -0.4 is 5.32 Å². The van der Waals surface area contributed by atoms with Crippen molar-refractivity contribution in [3.05, 3.63) is 60.2 Å². The fourth-order valence-electron chi connectivity index (χ4n) is 3.84. The van der Waals surface area contributed by atoms with Gasteiger partial charge in [-0.15, -0.1) is 0 Å². The quantitative estimate of drug-likeness (QED) is 0.489. The molecule has 3 aromatic carbocycles. The highest BCUT2D eigenvalue weighted by Gasteiger charge is 2.21. The Morgan fingerprint density at radius 3 is 2.41 bits per heavy atom. The van der Waals surface area contributed by atoms with Crippen molar-refractivity contribution in [2.75, 3.05) is 13.2 Å². The van der Waals surface area contributed by atoms with Crippen LogP contribution in [0.5, 0.6) is 0 Å². The summed E-state index contributed by atoms with van der Waals surface area (Å²) in [5.74, 6) is 0. The molecule has 4 nitrogen and oxygen atoms in total. The Kier molecular flexibility index (Phi) is 4.64. The van der Waals surface area contributed by atoms with Crippen LogP contribution >= 0.6 is 0 Å². The predicted octanol–water partition coefficient (Wildman–Crippen LogP) is 3.80. The van der Waals surface area contributed by atoms with E-state index in [0.29, 0.717) is 6.54 Å². The highest BCUT2D eigenvalue weighted by atomic mass is 16.3. The molecule has 0 saturated carbocycles. The lowest BCUT2D eigenvalue weighted by molar-refractivity contribution is 0.103. The Hall–Kier alpha value is -2.40. The number of aryl methyl sites for hydroxylation is 1. The van der Waals surface area contributed by atoms with Crippen molar-refractivity contribution >= 4 is 32.6 Å². The summed E-state index contributed by atoms with van der Waals surface area (Å²) in [6.45, 7) is 5.30. The molecule has 0 aliphatic heterocycles. The number of nitrogens with one attached hydrogen (secondary N) is 1. The maximum atomic E-state index is 9.50. The molecule has 0 unspecified atom stereocenters. The van der Waals surface area contributed by atoms with Crippen molar-refractivity contribution in [3.8, 4) is 0 Å². The van der Waals surface area contributed by atoms with Crippen LogP contribution in [0.3, 0.4) is 0 Å². The monoisotopic (exact) mass is 362 g/mol. The highest BCUT2D eigenvalue weighted by Crippen LogP contribution is 2.35. The summed E-state index contributed by atoms with van der Waals surface area (Å²) in [5.41, 5.74) is 2.95. The average molecular weight is 362 g/mol. The molecule has 4 heteroatoms. The first-order valence-electron chi connectivity index (χ1n) is 9.49. The molecule has 4 rings (SSSR count). The minimum absolute atomic E-state index is 0.106. The molecule has 4 aromatic rings. The second kappa shape index (κ2) is 6.97. The van der Waals surface area contributed by atoms with E-state index in [1.807, 2.05) is 6.92 Å². The number of rotatable bonds is 6. The van der Waals surface area contributed by atoms with Gasteiger partial charge in [0.15, 0.2) is 0 Å². The minimum Gasteiger partial charge on any atom is -0.394 e. The van der Waals surface area contributed by atoms with E-state index in [2.05, 4.69) is 71.4 Å². The number of aliphatic hydroxyl groups excluding tert-OH is 2. The number of fused-ring (bicyclic) bond motifs is 5. The zero-order valence-corrected chi connectivity index (χ0v) is 15.9. The van der Waals surface area contributed by atoms with Crippen molar-refractivity contribution in [1.29, 1.82) is 0 Å². The van der Waals surface area contributed by atoms with Crippen LogP contribution in [-0.4, -0.2) is 33.5 Å². The van der Waals surface area contributed by atoms with Crippen LogP contribution in [0.15, 0.2) is 54.6 Å². The maximum Gasteiger partial charge on any atom is 0.0633 e. The second-order valence-corrected chi connectivity index (χ2v) is 7.51. The molecule has 3 N–H and O–H groups in total. The standard InChI is InChI=1S/C23H26N2O2/c1-3-25-20-10-8-16(13-24-23(2,14-26)15-27)12-19(20)22-18-7-5-4-6-17(18)9-11-21(22)25/h4-12,24,26-27H,3,13-15H2,1-2H3. The van der Waals surface area contributed by atoms with Gasteiger partial charge in [-0.05, 0) is 48.4 Å². The number of benzene rings is 3. The topological polar surface area (TPSA) is 57.4 Å². The van der Waals surface area contributed by atoms with Gasteiger partial charge in [-0.2, -0.15) is 0 Å². The van der Waals surface area contributed by atoms with Gasteiger partial charge in [0.2, 0.25) is 0 Å². The molecule has 0 radical (unpaired) electrons. The number of hydrogen-bond acceptors (Lipinski definition) is 3. The van der Waals surface area contributed by atoms with Crippen molar-refractivity contribution in [3.63, 3.8) is 0 Å². The Morgan fingerprint density at radius 1 is 0.926 bits per heavy atom. The smallest absolute Gasteiger partial charge is 0.0633 e. The molecule has 140 valence electrons. The first-order valence-corrected chi connectivity index (χ1v) is 9.49. The summed E-state index contributed by atoms with van der Waals surface area (Å²) in [4.78, 5) is 0. The molecule has 0 saturated heterocycles. The molecular weight excluding hydrogens is 336 g/mol.